The number of benzene rings is 2. The molecule has 0 radical (unpaired) electrons. The van der Waals surface area contributed by atoms with Crippen LogP contribution in [0.4, 0.5) is 9.18 Å². The van der Waals surface area contributed by atoms with Gasteiger partial charge in [-0.2, -0.15) is 0 Å². The summed E-state index contributed by atoms with van der Waals surface area (Å²) in [7, 11) is 0. The normalized spacial score (nSPS) is 22.1. The maximum absolute atomic E-state index is 13.2. The van der Waals surface area contributed by atoms with Crippen LogP contribution in [0.5, 0.6) is 0 Å². The van der Waals surface area contributed by atoms with Crippen LogP contribution in [0.15, 0.2) is 48.5 Å². The number of rotatable bonds is 4. The van der Waals surface area contributed by atoms with Crippen molar-refractivity contribution in [2.24, 2.45) is 11.8 Å². The molecule has 0 spiro atoms. The fourth-order valence-electron chi connectivity index (χ4n) is 4.17. The zero-order valence-corrected chi connectivity index (χ0v) is 15.8. The first kappa shape index (κ1) is 18.3. The van der Waals surface area contributed by atoms with E-state index in [2.05, 4.69) is 34.5 Å². The van der Waals surface area contributed by atoms with Gasteiger partial charge in [-0.3, -0.25) is 4.90 Å². The van der Waals surface area contributed by atoms with Crippen LogP contribution in [-0.4, -0.2) is 42.0 Å². The van der Waals surface area contributed by atoms with Crippen molar-refractivity contribution >= 4 is 17.6 Å². The summed E-state index contributed by atoms with van der Waals surface area (Å²) in [5.41, 5.74) is 2.13. The quantitative estimate of drug-likeness (QED) is 0.867. The molecule has 142 valence electrons. The summed E-state index contributed by atoms with van der Waals surface area (Å²) < 4.78 is 13.2. The number of urea groups is 1. The Balaban J connectivity index is 1.26. The summed E-state index contributed by atoms with van der Waals surface area (Å²) in [4.78, 5) is 16.9. The van der Waals surface area contributed by atoms with Crippen LogP contribution < -0.4 is 5.32 Å². The fourth-order valence-corrected chi connectivity index (χ4v) is 4.37. The van der Waals surface area contributed by atoms with E-state index in [-0.39, 0.29) is 11.1 Å². The largest absolute Gasteiger partial charge is 0.334 e. The number of halogens is 2. The average Bonchev–Trinajstić information content (AvgIpc) is 3.22. The molecule has 2 fully saturated rings. The third-order valence-electron chi connectivity index (χ3n) is 5.53. The highest BCUT2D eigenvalue weighted by Crippen LogP contribution is 2.31. The highest BCUT2D eigenvalue weighted by Gasteiger charge is 2.41. The summed E-state index contributed by atoms with van der Waals surface area (Å²) in [5.74, 6) is 0.638. The lowest BCUT2D eigenvalue weighted by atomic mass is 10.0. The number of fused-ring (bicyclic) bond motifs is 1. The Morgan fingerprint density at radius 2 is 1.74 bits per heavy atom. The Hall–Kier alpha value is -2.11. The molecule has 2 aromatic rings. The van der Waals surface area contributed by atoms with E-state index in [0.29, 0.717) is 18.4 Å². The Morgan fingerprint density at radius 1 is 1.04 bits per heavy atom. The Bertz CT molecular complexity index is 802. The van der Waals surface area contributed by atoms with Gasteiger partial charge in [0.2, 0.25) is 0 Å². The molecule has 1 N–H and O–H groups in total. The van der Waals surface area contributed by atoms with E-state index in [1.54, 1.807) is 12.1 Å². The van der Waals surface area contributed by atoms with Crippen molar-refractivity contribution < 1.29 is 9.18 Å². The molecule has 2 heterocycles. The van der Waals surface area contributed by atoms with Gasteiger partial charge in [0.25, 0.3) is 0 Å². The van der Waals surface area contributed by atoms with Crippen molar-refractivity contribution in [1.82, 2.24) is 15.1 Å². The first-order valence-corrected chi connectivity index (χ1v) is 9.69. The minimum Gasteiger partial charge on any atom is -0.334 e. The molecule has 6 heteroatoms. The summed E-state index contributed by atoms with van der Waals surface area (Å²) in [6.07, 6.45) is 0. The second kappa shape index (κ2) is 7.87. The molecule has 0 bridgehead atoms. The summed E-state index contributed by atoms with van der Waals surface area (Å²) in [6, 6.07) is 15.0. The van der Waals surface area contributed by atoms with Crippen LogP contribution in [0.3, 0.4) is 0 Å². The van der Waals surface area contributed by atoms with Crippen molar-refractivity contribution in [1.29, 1.82) is 0 Å². The highest BCUT2D eigenvalue weighted by molar-refractivity contribution is 6.30. The molecule has 2 aliphatic rings. The van der Waals surface area contributed by atoms with Gasteiger partial charge >= 0.3 is 6.03 Å². The minimum absolute atomic E-state index is 0.0561. The standard InChI is InChI=1S/C21H23ClFN3O/c22-19-8-16(6-7-20(19)23)9-24-21(27)26-13-17-11-25(12-18(17)14-26)10-15-4-2-1-3-5-15/h1-8,17-18H,9-14H2,(H,24,27)/t17-,18?/m0/s1. The van der Waals surface area contributed by atoms with Gasteiger partial charge in [-0.15, -0.1) is 0 Å². The van der Waals surface area contributed by atoms with Gasteiger partial charge in [-0.25, -0.2) is 9.18 Å². The van der Waals surface area contributed by atoms with E-state index in [1.807, 2.05) is 11.0 Å². The van der Waals surface area contributed by atoms with Gasteiger partial charge < -0.3 is 10.2 Å². The van der Waals surface area contributed by atoms with Gasteiger partial charge in [0.1, 0.15) is 5.82 Å². The predicted octanol–water partition coefficient (Wildman–Crippen LogP) is 3.75. The molecule has 4 rings (SSSR count). The molecular weight excluding hydrogens is 365 g/mol. The van der Waals surface area contributed by atoms with Crippen LogP contribution >= 0.6 is 11.6 Å². The number of carbonyl (C=O) groups excluding carboxylic acids is 1. The number of carbonyl (C=O) groups is 1. The van der Waals surface area contributed by atoms with Gasteiger partial charge in [-0.1, -0.05) is 48.0 Å². The molecule has 0 aromatic heterocycles. The first-order chi connectivity index (χ1) is 13.1. The molecule has 0 aliphatic carbocycles. The Kier molecular flexibility index (Phi) is 5.32. The minimum atomic E-state index is -0.445. The first-order valence-electron chi connectivity index (χ1n) is 9.31. The molecule has 2 saturated heterocycles. The predicted molar refractivity (Wildman–Crippen MR) is 104 cm³/mol. The second-order valence-electron chi connectivity index (χ2n) is 7.51. The highest BCUT2D eigenvalue weighted by atomic mass is 35.5. The van der Waals surface area contributed by atoms with Crippen LogP contribution in [0, 0.1) is 17.7 Å². The number of nitrogens with one attached hydrogen (secondary N) is 1. The molecule has 27 heavy (non-hydrogen) atoms. The number of likely N-dealkylation sites (tertiary alicyclic amines) is 2. The number of hydrogen-bond donors (Lipinski definition) is 1. The Morgan fingerprint density at radius 3 is 2.41 bits per heavy atom. The van der Waals surface area contributed by atoms with E-state index in [4.69, 9.17) is 11.6 Å². The van der Waals surface area contributed by atoms with Gasteiger partial charge in [0.15, 0.2) is 0 Å². The van der Waals surface area contributed by atoms with Crippen LogP contribution in [-0.2, 0) is 13.1 Å². The summed E-state index contributed by atoms with van der Waals surface area (Å²) >= 11 is 5.79. The average molecular weight is 388 g/mol. The molecule has 0 saturated carbocycles. The van der Waals surface area contributed by atoms with Gasteiger partial charge in [0.05, 0.1) is 5.02 Å². The number of amides is 2. The summed E-state index contributed by atoms with van der Waals surface area (Å²) in [6.45, 7) is 5.00. The lowest BCUT2D eigenvalue weighted by Gasteiger charge is -2.22. The van der Waals surface area contributed by atoms with E-state index >= 15 is 0 Å². The van der Waals surface area contributed by atoms with Crippen molar-refractivity contribution in [3.63, 3.8) is 0 Å². The van der Waals surface area contributed by atoms with E-state index in [0.717, 1.165) is 38.3 Å². The SMILES string of the molecule is O=C(NCc1ccc(F)c(Cl)c1)N1CC2CN(Cc3ccccc3)C[C@H]2C1. The smallest absolute Gasteiger partial charge is 0.317 e. The van der Waals surface area contributed by atoms with E-state index in [9.17, 15) is 9.18 Å². The maximum Gasteiger partial charge on any atom is 0.317 e. The number of nitrogens with zero attached hydrogens (tertiary/aromatic N) is 2. The van der Waals surface area contributed by atoms with E-state index < -0.39 is 5.82 Å². The lowest BCUT2D eigenvalue weighted by molar-refractivity contribution is 0.198. The number of hydrogen-bond acceptors (Lipinski definition) is 2. The monoisotopic (exact) mass is 387 g/mol. The van der Waals surface area contributed by atoms with Crippen molar-refractivity contribution in [2.75, 3.05) is 26.2 Å². The summed E-state index contributed by atoms with van der Waals surface area (Å²) in [5, 5.41) is 3.00. The van der Waals surface area contributed by atoms with Gasteiger partial charge in [0, 0.05) is 39.3 Å². The lowest BCUT2D eigenvalue weighted by Crippen LogP contribution is -2.40. The van der Waals surface area contributed by atoms with E-state index in [1.165, 1.54) is 11.6 Å². The van der Waals surface area contributed by atoms with Crippen LogP contribution in [0.1, 0.15) is 11.1 Å². The maximum atomic E-state index is 13.2. The van der Waals surface area contributed by atoms with Crippen molar-refractivity contribution in [3.05, 3.63) is 70.5 Å². The molecule has 2 aliphatic heterocycles. The molecule has 2 atom stereocenters. The topological polar surface area (TPSA) is 35.6 Å². The second-order valence-corrected chi connectivity index (χ2v) is 7.92. The fraction of sp³-hybridized carbons (Fsp3) is 0.381. The third-order valence-corrected chi connectivity index (χ3v) is 5.82. The molecule has 2 aromatic carbocycles. The Labute approximate surface area is 163 Å². The zero-order chi connectivity index (χ0) is 18.8. The third kappa shape index (κ3) is 4.25. The molecule has 2 amide bonds. The molecular formula is C21H23ClFN3O. The molecule has 1 unspecified atom stereocenters. The van der Waals surface area contributed by atoms with Crippen molar-refractivity contribution in [2.45, 2.75) is 13.1 Å². The van der Waals surface area contributed by atoms with Gasteiger partial charge in [-0.05, 0) is 35.1 Å². The van der Waals surface area contributed by atoms with Crippen molar-refractivity contribution in [3.8, 4) is 0 Å². The molecule has 4 nitrogen and oxygen atoms in total. The zero-order valence-electron chi connectivity index (χ0n) is 15.1. The van der Waals surface area contributed by atoms with Crippen LogP contribution in [0.25, 0.3) is 0 Å². The van der Waals surface area contributed by atoms with Crippen LogP contribution in [0.2, 0.25) is 5.02 Å².